The lowest BCUT2D eigenvalue weighted by Crippen LogP contribution is -2.38. The number of carbonyl (C=O) groups excluding carboxylic acids is 1. The Morgan fingerprint density at radius 1 is 0.750 bits per heavy atom. The maximum atomic E-state index is 12.2. The van der Waals surface area contributed by atoms with E-state index in [1.165, 1.54) is 0 Å². The highest BCUT2D eigenvalue weighted by atomic mass is 35.5. The van der Waals surface area contributed by atoms with Crippen LogP contribution in [0.15, 0.2) is 72.8 Å². The fraction of sp³-hybridized carbons (Fsp3) is 0.0500. The van der Waals surface area contributed by atoms with Gasteiger partial charge in [0.1, 0.15) is 6.17 Å². The highest BCUT2D eigenvalue weighted by Crippen LogP contribution is 2.28. The predicted octanol–water partition coefficient (Wildman–Crippen LogP) is 4.86. The molecule has 0 saturated heterocycles. The summed E-state index contributed by atoms with van der Waals surface area (Å²) in [7, 11) is 0. The maximum absolute atomic E-state index is 12.2. The van der Waals surface area contributed by atoms with Crippen molar-refractivity contribution in [3.63, 3.8) is 0 Å². The number of nitrogens with one attached hydrogen (secondary N) is 2. The number of amides is 1. The minimum absolute atomic E-state index is 0.0591. The van der Waals surface area contributed by atoms with Gasteiger partial charge in [-0.25, -0.2) is 0 Å². The Hall–Kier alpha value is -2.78. The Balaban J connectivity index is 1.60. The summed E-state index contributed by atoms with van der Waals surface area (Å²) >= 11 is 5.93. The monoisotopic (exact) mass is 334 g/mol. The van der Waals surface area contributed by atoms with Crippen LogP contribution in [0.3, 0.4) is 0 Å². The van der Waals surface area contributed by atoms with E-state index in [1.54, 1.807) is 0 Å². The number of rotatable bonds is 2. The van der Waals surface area contributed by atoms with Crippen LogP contribution in [0.1, 0.15) is 22.1 Å². The van der Waals surface area contributed by atoms with Crippen LogP contribution in [-0.4, -0.2) is 5.91 Å². The Labute approximate surface area is 145 Å². The van der Waals surface area contributed by atoms with Crippen molar-refractivity contribution < 1.29 is 4.79 Å². The molecular formula is C20H15ClN2O. The van der Waals surface area contributed by atoms with Crippen LogP contribution in [0, 0.1) is 0 Å². The van der Waals surface area contributed by atoms with E-state index >= 15 is 0 Å². The van der Waals surface area contributed by atoms with E-state index in [9.17, 15) is 4.79 Å². The van der Waals surface area contributed by atoms with Crippen molar-refractivity contribution in [3.8, 4) is 11.1 Å². The number of carbonyl (C=O) groups is 1. The Bertz CT molecular complexity index is 888. The molecule has 1 aliphatic heterocycles. The number of hydrogen-bond acceptors (Lipinski definition) is 2. The fourth-order valence-corrected chi connectivity index (χ4v) is 3.01. The topological polar surface area (TPSA) is 41.1 Å². The summed E-state index contributed by atoms with van der Waals surface area (Å²) in [4.78, 5) is 12.2. The second kappa shape index (κ2) is 6.02. The first-order valence-corrected chi connectivity index (χ1v) is 8.11. The van der Waals surface area contributed by atoms with Crippen molar-refractivity contribution in [2.45, 2.75) is 6.17 Å². The normalized spacial score (nSPS) is 16.0. The standard InChI is InChI=1S/C20H15ClN2O/c21-16-11-9-14(10-12-16)13-5-7-15(8-6-13)19-22-18-4-2-1-3-17(18)20(24)23-19/h1-12,19,22H,(H,23,24). The van der Waals surface area contributed by atoms with E-state index in [0.29, 0.717) is 5.56 Å². The van der Waals surface area contributed by atoms with Crippen LogP contribution in [0.2, 0.25) is 5.02 Å². The molecule has 1 heterocycles. The van der Waals surface area contributed by atoms with Crippen molar-refractivity contribution in [3.05, 3.63) is 88.9 Å². The van der Waals surface area contributed by atoms with Gasteiger partial charge in [0.05, 0.1) is 5.56 Å². The zero-order valence-corrected chi connectivity index (χ0v) is 13.5. The first kappa shape index (κ1) is 14.8. The van der Waals surface area contributed by atoms with Crippen molar-refractivity contribution in [1.29, 1.82) is 0 Å². The summed E-state index contributed by atoms with van der Waals surface area (Å²) in [5.41, 5.74) is 4.75. The summed E-state index contributed by atoms with van der Waals surface area (Å²) in [6.07, 6.45) is -0.230. The van der Waals surface area contributed by atoms with Crippen molar-refractivity contribution in [2.24, 2.45) is 0 Å². The molecule has 1 amide bonds. The molecule has 2 N–H and O–H groups in total. The summed E-state index contributed by atoms with van der Waals surface area (Å²) in [5.74, 6) is -0.0591. The lowest BCUT2D eigenvalue weighted by molar-refractivity contribution is 0.0935. The van der Waals surface area contributed by atoms with Gasteiger partial charge >= 0.3 is 0 Å². The Morgan fingerprint density at radius 2 is 1.38 bits per heavy atom. The molecule has 1 aliphatic rings. The van der Waals surface area contributed by atoms with E-state index in [1.807, 2.05) is 72.8 Å². The number of halogens is 1. The number of fused-ring (bicyclic) bond motifs is 1. The molecule has 0 bridgehead atoms. The largest absolute Gasteiger partial charge is 0.361 e. The van der Waals surface area contributed by atoms with Crippen molar-refractivity contribution in [1.82, 2.24) is 5.32 Å². The van der Waals surface area contributed by atoms with Gasteiger partial charge in [-0.3, -0.25) is 4.79 Å². The molecule has 0 saturated carbocycles. The number of benzene rings is 3. The third kappa shape index (κ3) is 2.74. The fourth-order valence-electron chi connectivity index (χ4n) is 2.88. The number of anilines is 1. The van der Waals surface area contributed by atoms with Crippen molar-refractivity contribution >= 4 is 23.2 Å². The summed E-state index contributed by atoms with van der Waals surface area (Å²) < 4.78 is 0. The molecule has 24 heavy (non-hydrogen) atoms. The molecule has 0 aromatic heterocycles. The highest BCUT2D eigenvalue weighted by molar-refractivity contribution is 6.30. The average molecular weight is 335 g/mol. The lowest BCUT2D eigenvalue weighted by atomic mass is 10.0. The molecule has 118 valence electrons. The summed E-state index contributed by atoms with van der Waals surface area (Å²) in [6, 6.07) is 23.4. The molecule has 1 atom stereocenters. The summed E-state index contributed by atoms with van der Waals surface area (Å²) in [5, 5.41) is 7.07. The van der Waals surface area contributed by atoms with Gasteiger partial charge < -0.3 is 10.6 Å². The minimum Gasteiger partial charge on any atom is -0.361 e. The van der Waals surface area contributed by atoms with Crippen LogP contribution >= 0.6 is 11.6 Å². The zero-order valence-electron chi connectivity index (χ0n) is 12.8. The van der Waals surface area contributed by atoms with Gasteiger partial charge in [0.25, 0.3) is 5.91 Å². The smallest absolute Gasteiger partial charge is 0.255 e. The van der Waals surface area contributed by atoms with Gasteiger partial charge in [0, 0.05) is 10.7 Å². The summed E-state index contributed by atoms with van der Waals surface area (Å²) in [6.45, 7) is 0. The van der Waals surface area contributed by atoms with Gasteiger partial charge in [-0.1, -0.05) is 60.1 Å². The second-order valence-corrected chi connectivity index (χ2v) is 6.16. The first-order valence-electron chi connectivity index (χ1n) is 7.73. The van der Waals surface area contributed by atoms with Gasteiger partial charge in [0.15, 0.2) is 0 Å². The molecule has 0 spiro atoms. The lowest BCUT2D eigenvalue weighted by Gasteiger charge is -2.28. The average Bonchev–Trinajstić information content (AvgIpc) is 2.62. The molecule has 1 unspecified atom stereocenters. The molecule has 3 aromatic rings. The van der Waals surface area contributed by atoms with Gasteiger partial charge in [0.2, 0.25) is 0 Å². The van der Waals surface area contributed by atoms with Gasteiger partial charge in [-0.2, -0.15) is 0 Å². The van der Waals surface area contributed by atoms with E-state index in [4.69, 9.17) is 11.6 Å². The van der Waals surface area contributed by atoms with Crippen LogP contribution in [0.5, 0.6) is 0 Å². The molecule has 4 heteroatoms. The quantitative estimate of drug-likeness (QED) is 0.702. The first-order chi connectivity index (χ1) is 11.7. The third-order valence-corrected chi connectivity index (χ3v) is 4.42. The molecule has 3 nitrogen and oxygen atoms in total. The SMILES string of the molecule is O=C1NC(c2ccc(-c3ccc(Cl)cc3)cc2)Nc2ccccc21. The number of hydrogen-bond donors (Lipinski definition) is 2. The second-order valence-electron chi connectivity index (χ2n) is 5.73. The molecule has 0 fully saturated rings. The Morgan fingerprint density at radius 3 is 2.08 bits per heavy atom. The third-order valence-electron chi connectivity index (χ3n) is 4.17. The predicted molar refractivity (Wildman–Crippen MR) is 97.2 cm³/mol. The minimum atomic E-state index is -0.230. The molecule has 3 aromatic carbocycles. The Kier molecular flexibility index (Phi) is 3.71. The molecule has 4 rings (SSSR count). The van der Waals surface area contributed by atoms with E-state index in [2.05, 4.69) is 10.6 Å². The van der Waals surface area contributed by atoms with Crippen LogP contribution < -0.4 is 10.6 Å². The maximum Gasteiger partial charge on any atom is 0.255 e. The van der Waals surface area contributed by atoms with E-state index in [0.717, 1.165) is 27.4 Å². The van der Waals surface area contributed by atoms with Crippen molar-refractivity contribution in [2.75, 3.05) is 5.32 Å². The number of para-hydroxylation sites is 1. The van der Waals surface area contributed by atoms with Gasteiger partial charge in [-0.15, -0.1) is 0 Å². The van der Waals surface area contributed by atoms with Crippen LogP contribution in [0.25, 0.3) is 11.1 Å². The molecular weight excluding hydrogens is 320 g/mol. The van der Waals surface area contributed by atoms with Crippen LogP contribution in [0.4, 0.5) is 5.69 Å². The van der Waals surface area contributed by atoms with E-state index < -0.39 is 0 Å². The zero-order chi connectivity index (χ0) is 16.5. The molecule has 0 aliphatic carbocycles. The molecule has 0 radical (unpaired) electrons. The highest BCUT2D eigenvalue weighted by Gasteiger charge is 2.23. The van der Waals surface area contributed by atoms with E-state index in [-0.39, 0.29) is 12.1 Å². The van der Waals surface area contributed by atoms with Crippen LogP contribution in [-0.2, 0) is 0 Å². The van der Waals surface area contributed by atoms with Gasteiger partial charge in [-0.05, 0) is 41.0 Å².